The molecule has 0 radical (unpaired) electrons. The molecular formula is C20H22N2O4. The van der Waals surface area contributed by atoms with E-state index < -0.39 is 12.1 Å². The summed E-state index contributed by atoms with van der Waals surface area (Å²) in [6, 6.07) is 14.2. The lowest BCUT2D eigenvalue weighted by Gasteiger charge is -2.30. The molecule has 1 saturated heterocycles. The number of hydrogen-bond acceptors (Lipinski definition) is 4. The quantitative estimate of drug-likeness (QED) is 0.844. The van der Waals surface area contributed by atoms with Gasteiger partial charge in [0.25, 0.3) is 0 Å². The molecule has 1 amide bonds. The van der Waals surface area contributed by atoms with E-state index in [4.69, 9.17) is 4.74 Å². The van der Waals surface area contributed by atoms with Crippen molar-refractivity contribution in [3.63, 3.8) is 0 Å². The highest BCUT2D eigenvalue weighted by Crippen LogP contribution is 2.30. The fourth-order valence-corrected chi connectivity index (χ4v) is 3.05. The van der Waals surface area contributed by atoms with Gasteiger partial charge in [-0.15, -0.1) is 0 Å². The molecule has 0 aliphatic carbocycles. The lowest BCUT2D eigenvalue weighted by Crippen LogP contribution is -2.30. The molecule has 0 saturated carbocycles. The van der Waals surface area contributed by atoms with Crippen LogP contribution in [0.1, 0.15) is 35.2 Å². The van der Waals surface area contributed by atoms with E-state index >= 15 is 0 Å². The van der Waals surface area contributed by atoms with Gasteiger partial charge in [-0.25, -0.2) is 9.59 Å². The number of rotatable bonds is 5. The minimum atomic E-state index is -1.03. The summed E-state index contributed by atoms with van der Waals surface area (Å²) in [5, 5.41) is 11.9. The minimum absolute atomic E-state index is 0.129. The highest BCUT2D eigenvalue weighted by Gasteiger charge is 2.18. The number of nitrogens with one attached hydrogen (secondary N) is 1. The Morgan fingerprint density at radius 2 is 1.77 bits per heavy atom. The van der Waals surface area contributed by atoms with Gasteiger partial charge >= 0.3 is 12.1 Å². The largest absolute Gasteiger partial charge is 0.478 e. The molecule has 0 unspecified atom stereocenters. The molecular weight excluding hydrogens is 332 g/mol. The minimum Gasteiger partial charge on any atom is -0.478 e. The van der Waals surface area contributed by atoms with E-state index in [1.807, 2.05) is 30.3 Å². The van der Waals surface area contributed by atoms with Crippen LogP contribution in [0.2, 0.25) is 0 Å². The van der Waals surface area contributed by atoms with Gasteiger partial charge in [0.05, 0.1) is 16.9 Å². The van der Waals surface area contributed by atoms with Crippen molar-refractivity contribution in [1.29, 1.82) is 0 Å². The van der Waals surface area contributed by atoms with E-state index in [2.05, 4.69) is 10.2 Å². The van der Waals surface area contributed by atoms with Gasteiger partial charge in [-0.05, 0) is 43.0 Å². The Hall–Kier alpha value is -3.02. The second kappa shape index (κ2) is 8.38. The van der Waals surface area contributed by atoms with Crippen molar-refractivity contribution in [2.45, 2.75) is 25.9 Å². The van der Waals surface area contributed by atoms with Crippen molar-refractivity contribution >= 4 is 23.4 Å². The lowest BCUT2D eigenvalue weighted by atomic mass is 10.1. The van der Waals surface area contributed by atoms with E-state index in [0.717, 1.165) is 37.2 Å². The first kappa shape index (κ1) is 17.8. The van der Waals surface area contributed by atoms with Crippen molar-refractivity contribution in [3.05, 3.63) is 59.7 Å². The predicted octanol–water partition coefficient (Wildman–Crippen LogP) is 4.12. The van der Waals surface area contributed by atoms with Crippen LogP contribution in [0.25, 0.3) is 0 Å². The number of ether oxygens (including phenoxy) is 1. The molecule has 0 aromatic heterocycles. The number of aromatic carboxylic acids is 1. The third kappa shape index (κ3) is 4.53. The van der Waals surface area contributed by atoms with Crippen LogP contribution in [0, 0.1) is 0 Å². The molecule has 3 rings (SSSR count). The van der Waals surface area contributed by atoms with Crippen LogP contribution in [0.3, 0.4) is 0 Å². The van der Waals surface area contributed by atoms with Crippen LogP contribution >= 0.6 is 0 Å². The Labute approximate surface area is 152 Å². The third-order valence-electron chi connectivity index (χ3n) is 4.39. The van der Waals surface area contributed by atoms with E-state index in [1.165, 1.54) is 12.5 Å². The van der Waals surface area contributed by atoms with E-state index in [1.54, 1.807) is 12.1 Å². The summed E-state index contributed by atoms with van der Waals surface area (Å²) >= 11 is 0. The molecule has 2 aromatic rings. The molecule has 6 heteroatoms. The standard InChI is InChI=1S/C20H22N2O4/c23-19(24)16-9-10-18(22-11-5-2-6-12-22)17(13-16)21-20(25)26-14-15-7-3-1-4-8-15/h1,3-4,7-10,13H,2,5-6,11-12,14H2,(H,21,25)(H,23,24). The SMILES string of the molecule is O=C(Nc1cc(C(=O)O)ccc1N1CCCCC1)OCc1ccccc1. The fourth-order valence-electron chi connectivity index (χ4n) is 3.05. The van der Waals surface area contributed by atoms with Gasteiger partial charge in [0.1, 0.15) is 6.61 Å². The zero-order chi connectivity index (χ0) is 18.4. The summed E-state index contributed by atoms with van der Waals surface area (Å²) in [5.41, 5.74) is 2.30. The second-order valence-electron chi connectivity index (χ2n) is 6.27. The second-order valence-corrected chi connectivity index (χ2v) is 6.27. The van der Waals surface area contributed by atoms with Crippen LogP contribution in [0.15, 0.2) is 48.5 Å². The van der Waals surface area contributed by atoms with Gasteiger partial charge in [0.15, 0.2) is 0 Å². The Bertz CT molecular complexity index is 771. The predicted molar refractivity (Wildman–Crippen MR) is 99.7 cm³/mol. The average molecular weight is 354 g/mol. The van der Waals surface area contributed by atoms with Crippen LogP contribution in [-0.2, 0) is 11.3 Å². The zero-order valence-electron chi connectivity index (χ0n) is 14.5. The van der Waals surface area contributed by atoms with E-state index in [0.29, 0.717) is 5.69 Å². The maximum Gasteiger partial charge on any atom is 0.412 e. The number of carbonyl (C=O) groups is 2. The monoisotopic (exact) mass is 354 g/mol. The van der Waals surface area contributed by atoms with Crippen molar-refractivity contribution in [2.24, 2.45) is 0 Å². The summed E-state index contributed by atoms with van der Waals surface area (Å²) in [7, 11) is 0. The number of nitrogens with zero attached hydrogens (tertiary/aromatic N) is 1. The molecule has 1 heterocycles. The number of hydrogen-bond donors (Lipinski definition) is 2. The van der Waals surface area contributed by atoms with Gasteiger partial charge in [0, 0.05) is 13.1 Å². The molecule has 6 nitrogen and oxygen atoms in total. The molecule has 0 bridgehead atoms. The molecule has 2 N–H and O–H groups in total. The number of carboxylic acid groups (broad SMARTS) is 1. The number of anilines is 2. The van der Waals surface area contributed by atoms with E-state index in [9.17, 15) is 14.7 Å². The molecule has 26 heavy (non-hydrogen) atoms. The first-order chi connectivity index (χ1) is 12.6. The first-order valence-electron chi connectivity index (χ1n) is 8.73. The molecule has 1 aliphatic rings. The molecule has 136 valence electrons. The maximum atomic E-state index is 12.2. The van der Waals surface area contributed by atoms with Gasteiger partial charge in [-0.3, -0.25) is 5.32 Å². The number of benzene rings is 2. The van der Waals surface area contributed by atoms with Gasteiger partial charge in [-0.1, -0.05) is 30.3 Å². The van der Waals surface area contributed by atoms with Crippen LogP contribution in [0.5, 0.6) is 0 Å². The molecule has 1 fully saturated rings. The van der Waals surface area contributed by atoms with Crippen molar-refractivity contribution in [2.75, 3.05) is 23.3 Å². The van der Waals surface area contributed by atoms with Gasteiger partial charge in [-0.2, -0.15) is 0 Å². The fraction of sp³-hybridized carbons (Fsp3) is 0.300. The normalized spacial score (nSPS) is 13.9. The average Bonchev–Trinajstić information content (AvgIpc) is 2.68. The Balaban J connectivity index is 1.74. The first-order valence-corrected chi connectivity index (χ1v) is 8.73. The highest BCUT2D eigenvalue weighted by atomic mass is 16.5. The Morgan fingerprint density at radius 3 is 2.46 bits per heavy atom. The lowest BCUT2D eigenvalue weighted by molar-refractivity contribution is 0.0697. The van der Waals surface area contributed by atoms with Crippen molar-refractivity contribution in [1.82, 2.24) is 0 Å². The summed E-state index contributed by atoms with van der Waals surface area (Å²) in [6.07, 6.45) is 2.75. The maximum absolute atomic E-state index is 12.2. The van der Waals surface area contributed by atoms with Crippen LogP contribution < -0.4 is 10.2 Å². The molecule has 0 atom stereocenters. The summed E-state index contributed by atoms with van der Waals surface area (Å²) < 4.78 is 5.26. The summed E-state index contributed by atoms with van der Waals surface area (Å²) in [6.45, 7) is 1.94. The summed E-state index contributed by atoms with van der Waals surface area (Å²) in [5.74, 6) is -1.03. The number of carboxylic acids is 1. The Kier molecular flexibility index (Phi) is 5.73. The molecule has 1 aliphatic heterocycles. The van der Waals surface area contributed by atoms with E-state index in [-0.39, 0.29) is 12.2 Å². The van der Waals surface area contributed by atoms with Gasteiger partial charge in [0.2, 0.25) is 0 Å². The van der Waals surface area contributed by atoms with Gasteiger partial charge < -0.3 is 14.7 Å². The number of piperidine rings is 1. The zero-order valence-corrected chi connectivity index (χ0v) is 14.5. The molecule has 2 aromatic carbocycles. The van der Waals surface area contributed by atoms with Crippen LogP contribution in [-0.4, -0.2) is 30.3 Å². The number of amides is 1. The summed E-state index contributed by atoms with van der Waals surface area (Å²) in [4.78, 5) is 25.7. The van der Waals surface area contributed by atoms with Crippen LogP contribution in [0.4, 0.5) is 16.2 Å². The topological polar surface area (TPSA) is 78.9 Å². The Morgan fingerprint density at radius 1 is 1.04 bits per heavy atom. The smallest absolute Gasteiger partial charge is 0.412 e. The third-order valence-corrected chi connectivity index (χ3v) is 4.39. The molecule has 0 spiro atoms. The van der Waals surface area contributed by atoms with Crippen molar-refractivity contribution in [3.8, 4) is 0 Å². The highest BCUT2D eigenvalue weighted by molar-refractivity contribution is 5.95. The van der Waals surface area contributed by atoms with Crippen molar-refractivity contribution < 1.29 is 19.4 Å². The number of carbonyl (C=O) groups excluding carboxylic acids is 1.